The zero-order valence-corrected chi connectivity index (χ0v) is 8.70. The van der Waals surface area contributed by atoms with Gasteiger partial charge in [-0.05, 0) is 18.2 Å². The SMILES string of the molecule is O=C1C(=O)c2cccnc2C2C1=CC=CN2O. The number of fused-ring (bicyclic) bond motifs is 3. The molecule has 3 rings (SSSR count). The van der Waals surface area contributed by atoms with Crippen LogP contribution in [-0.2, 0) is 4.79 Å². The van der Waals surface area contributed by atoms with Gasteiger partial charge in [0, 0.05) is 18.0 Å². The second kappa shape index (κ2) is 3.36. The maximum Gasteiger partial charge on any atom is 0.235 e. The number of hydrogen-bond acceptors (Lipinski definition) is 5. The Balaban J connectivity index is 2.28. The van der Waals surface area contributed by atoms with Crippen molar-refractivity contribution in [2.75, 3.05) is 0 Å². The van der Waals surface area contributed by atoms with Crippen LogP contribution in [0.15, 0.2) is 42.3 Å². The second-order valence-electron chi connectivity index (χ2n) is 3.84. The van der Waals surface area contributed by atoms with Crippen LogP contribution in [0.3, 0.4) is 0 Å². The Bertz CT molecular complexity index is 589. The number of pyridine rings is 1. The molecule has 0 amide bonds. The Morgan fingerprint density at radius 1 is 1.29 bits per heavy atom. The maximum atomic E-state index is 11.9. The average Bonchev–Trinajstić information content (AvgIpc) is 2.36. The van der Waals surface area contributed by atoms with Gasteiger partial charge in [0.05, 0.1) is 11.3 Å². The third-order valence-corrected chi connectivity index (χ3v) is 2.88. The molecule has 1 aromatic heterocycles. The standard InChI is InChI=1S/C12H8N2O3/c15-11-7-3-1-5-13-9(7)10-8(12(11)16)4-2-6-14(10)17/h1-6,10,17H. The molecule has 1 N–H and O–H groups in total. The van der Waals surface area contributed by atoms with Crippen molar-refractivity contribution < 1.29 is 14.8 Å². The summed E-state index contributed by atoms with van der Waals surface area (Å²) in [6, 6.07) is 2.46. The van der Waals surface area contributed by atoms with Crippen LogP contribution in [0.25, 0.3) is 0 Å². The zero-order valence-electron chi connectivity index (χ0n) is 8.70. The molecule has 84 valence electrons. The normalized spacial score (nSPS) is 22.1. The molecule has 0 aromatic carbocycles. The molecule has 5 heteroatoms. The molecular formula is C12H8N2O3. The summed E-state index contributed by atoms with van der Waals surface area (Å²) in [6.45, 7) is 0. The lowest BCUT2D eigenvalue weighted by molar-refractivity contribution is -0.116. The summed E-state index contributed by atoms with van der Waals surface area (Å²) in [5.74, 6) is -1.15. The molecular weight excluding hydrogens is 220 g/mol. The molecule has 0 spiro atoms. The molecule has 2 heterocycles. The third kappa shape index (κ3) is 1.26. The fraction of sp³-hybridized carbons (Fsp3) is 0.0833. The van der Waals surface area contributed by atoms with Crippen LogP contribution in [0.1, 0.15) is 22.1 Å². The molecule has 0 saturated heterocycles. The quantitative estimate of drug-likeness (QED) is 0.671. The van der Waals surface area contributed by atoms with Crippen LogP contribution in [0.2, 0.25) is 0 Å². The van der Waals surface area contributed by atoms with Crippen molar-refractivity contribution in [3.05, 3.63) is 53.5 Å². The van der Waals surface area contributed by atoms with Crippen LogP contribution in [0, 0.1) is 0 Å². The number of ketones is 2. The summed E-state index contributed by atoms with van der Waals surface area (Å²) in [5, 5.41) is 10.7. The van der Waals surface area contributed by atoms with Gasteiger partial charge in [-0.1, -0.05) is 6.08 Å². The predicted molar refractivity (Wildman–Crippen MR) is 57.2 cm³/mol. The van der Waals surface area contributed by atoms with E-state index in [0.717, 1.165) is 5.06 Å². The van der Waals surface area contributed by atoms with Crippen molar-refractivity contribution in [2.45, 2.75) is 6.04 Å². The van der Waals surface area contributed by atoms with E-state index in [-0.39, 0.29) is 11.1 Å². The van der Waals surface area contributed by atoms with E-state index in [0.29, 0.717) is 5.69 Å². The van der Waals surface area contributed by atoms with Crippen molar-refractivity contribution in [1.82, 2.24) is 10.0 Å². The van der Waals surface area contributed by atoms with Gasteiger partial charge >= 0.3 is 0 Å². The fourth-order valence-electron chi connectivity index (χ4n) is 2.11. The summed E-state index contributed by atoms with van der Waals surface area (Å²) in [4.78, 5) is 27.8. The lowest BCUT2D eigenvalue weighted by Crippen LogP contribution is -2.36. The Kier molecular flexibility index (Phi) is 1.96. The summed E-state index contributed by atoms with van der Waals surface area (Å²) < 4.78 is 0. The van der Waals surface area contributed by atoms with Gasteiger partial charge in [0.2, 0.25) is 11.6 Å². The highest BCUT2D eigenvalue weighted by atomic mass is 16.5. The third-order valence-electron chi connectivity index (χ3n) is 2.88. The molecule has 0 bridgehead atoms. The first-order valence-corrected chi connectivity index (χ1v) is 5.09. The number of rotatable bonds is 0. The number of carbonyl (C=O) groups excluding carboxylic acids is 2. The van der Waals surface area contributed by atoms with E-state index in [4.69, 9.17) is 0 Å². The van der Waals surface area contributed by atoms with Crippen LogP contribution in [-0.4, -0.2) is 26.8 Å². The number of allylic oxidation sites excluding steroid dienone is 2. The molecule has 0 fully saturated rings. The Labute approximate surface area is 96.6 Å². The summed E-state index contributed by atoms with van der Waals surface area (Å²) >= 11 is 0. The lowest BCUT2D eigenvalue weighted by Gasteiger charge is -2.31. The Hall–Kier alpha value is -2.27. The minimum Gasteiger partial charge on any atom is -0.288 e. The summed E-state index contributed by atoms with van der Waals surface area (Å²) in [6.07, 6.45) is 6.02. The molecule has 2 aliphatic rings. The molecule has 1 aromatic rings. The van der Waals surface area contributed by atoms with E-state index >= 15 is 0 Å². The van der Waals surface area contributed by atoms with Crippen molar-refractivity contribution >= 4 is 11.6 Å². The van der Waals surface area contributed by atoms with E-state index in [1.165, 1.54) is 24.5 Å². The van der Waals surface area contributed by atoms with Crippen molar-refractivity contribution in [2.24, 2.45) is 0 Å². The van der Waals surface area contributed by atoms with E-state index in [9.17, 15) is 14.8 Å². The molecule has 5 nitrogen and oxygen atoms in total. The first-order valence-electron chi connectivity index (χ1n) is 5.09. The number of Topliss-reactive ketones (excluding diaryl/α,β-unsaturated/α-hetero) is 2. The van der Waals surface area contributed by atoms with Crippen molar-refractivity contribution in [1.29, 1.82) is 0 Å². The van der Waals surface area contributed by atoms with Crippen LogP contribution in [0.5, 0.6) is 0 Å². The first kappa shape index (κ1) is 9.92. The molecule has 0 radical (unpaired) electrons. The van der Waals surface area contributed by atoms with Gasteiger partial charge in [-0.2, -0.15) is 0 Å². The average molecular weight is 228 g/mol. The predicted octanol–water partition coefficient (Wildman–Crippen LogP) is 1.03. The van der Waals surface area contributed by atoms with Gasteiger partial charge in [0.15, 0.2) is 0 Å². The topological polar surface area (TPSA) is 70.5 Å². The summed E-state index contributed by atoms with van der Waals surface area (Å²) in [7, 11) is 0. The van der Waals surface area contributed by atoms with Gasteiger partial charge in [-0.3, -0.25) is 24.8 Å². The number of aromatic nitrogens is 1. The van der Waals surface area contributed by atoms with E-state index in [2.05, 4.69) is 4.98 Å². The van der Waals surface area contributed by atoms with Crippen molar-refractivity contribution in [3.63, 3.8) is 0 Å². The molecule has 1 aliphatic heterocycles. The van der Waals surface area contributed by atoms with Crippen molar-refractivity contribution in [3.8, 4) is 0 Å². The number of nitrogens with zero attached hydrogens (tertiary/aromatic N) is 2. The highest BCUT2D eigenvalue weighted by Gasteiger charge is 2.40. The van der Waals surface area contributed by atoms with Gasteiger partial charge in [0.25, 0.3) is 0 Å². The Morgan fingerprint density at radius 2 is 2.12 bits per heavy atom. The number of carbonyl (C=O) groups is 2. The molecule has 17 heavy (non-hydrogen) atoms. The first-order chi connectivity index (χ1) is 8.20. The van der Waals surface area contributed by atoms with E-state index in [1.807, 2.05) is 0 Å². The lowest BCUT2D eigenvalue weighted by atomic mass is 9.84. The largest absolute Gasteiger partial charge is 0.288 e. The van der Waals surface area contributed by atoms with Gasteiger partial charge < -0.3 is 0 Å². The molecule has 1 atom stereocenters. The zero-order chi connectivity index (χ0) is 12.0. The van der Waals surface area contributed by atoms with Crippen LogP contribution in [0.4, 0.5) is 0 Å². The van der Waals surface area contributed by atoms with Crippen LogP contribution >= 0.6 is 0 Å². The van der Waals surface area contributed by atoms with E-state index in [1.54, 1.807) is 12.1 Å². The molecule has 0 saturated carbocycles. The highest BCUT2D eigenvalue weighted by Crippen LogP contribution is 2.36. The number of hydrogen-bond donors (Lipinski definition) is 1. The minimum absolute atomic E-state index is 0.256. The summed E-state index contributed by atoms with van der Waals surface area (Å²) in [5.41, 5.74) is 0.926. The highest BCUT2D eigenvalue weighted by molar-refractivity contribution is 6.50. The minimum atomic E-state index is -0.679. The van der Waals surface area contributed by atoms with E-state index < -0.39 is 17.6 Å². The smallest absolute Gasteiger partial charge is 0.235 e. The van der Waals surface area contributed by atoms with Gasteiger partial charge in [0.1, 0.15) is 6.04 Å². The maximum absolute atomic E-state index is 11.9. The van der Waals surface area contributed by atoms with Crippen LogP contribution < -0.4 is 0 Å². The molecule has 1 aliphatic carbocycles. The molecule has 1 unspecified atom stereocenters. The monoisotopic (exact) mass is 228 g/mol. The second-order valence-corrected chi connectivity index (χ2v) is 3.84. The Morgan fingerprint density at radius 3 is 2.94 bits per heavy atom. The fourth-order valence-corrected chi connectivity index (χ4v) is 2.11. The van der Waals surface area contributed by atoms with Gasteiger partial charge in [-0.15, -0.1) is 0 Å². The number of hydroxylamine groups is 2. The van der Waals surface area contributed by atoms with Gasteiger partial charge in [-0.25, -0.2) is 0 Å².